The van der Waals surface area contributed by atoms with E-state index in [1.807, 2.05) is 6.92 Å². The van der Waals surface area contributed by atoms with Gasteiger partial charge < -0.3 is 5.73 Å². The van der Waals surface area contributed by atoms with Gasteiger partial charge in [0.2, 0.25) is 10.0 Å². The van der Waals surface area contributed by atoms with Gasteiger partial charge in [0.15, 0.2) is 0 Å². The molecule has 3 N–H and O–H groups in total. The molecule has 4 nitrogen and oxygen atoms in total. The highest BCUT2D eigenvalue weighted by Gasteiger charge is 2.11. The lowest BCUT2D eigenvalue weighted by atomic mass is 10.2. The molecule has 1 aromatic carbocycles. The minimum atomic E-state index is -3.35. The molecule has 0 saturated carbocycles. The molecule has 0 aliphatic rings. The quantitative estimate of drug-likeness (QED) is 0.734. The van der Waals surface area contributed by atoms with E-state index in [2.05, 4.69) is 4.72 Å². The molecule has 0 radical (unpaired) electrons. The standard InChI is InChI=1S/C11H18N2O2S/c1-10(12)6-5-9-13-16(14,15)11-7-3-2-4-8-11/h2-4,7-8,10,13H,5-6,9,12H2,1H3. The van der Waals surface area contributed by atoms with Crippen molar-refractivity contribution in [2.75, 3.05) is 6.54 Å². The van der Waals surface area contributed by atoms with Crippen molar-refractivity contribution < 1.29 is 8.42 Å². The topological polar surface area (TPSA) is 72.2 Å². The molecular weight excluding hydrogens is 224 g/mol. The first kappa shape index (κ1) is 13.2. The summed E-state index contributed by atoms with van der Waals surface area (Å²) >= 11 is 0. The van der Waals surface area contributed by atoms with E-state index in [0.29, 0.717) is 11.4 Å². The molecule has 0 saturated heterocycles. The van der Waals surface area contributed by atoms with Gasteiger partial charge in [0.05, 0.1) is 4.90 Å². The van der Waals surface area contributed by atoms with Gasteiger partial charge in [0, 0.05) is 12.6 Å². The Bertz CT molecular complexity index is 401. The summed E-state index contributed by atoms with van der Waals surface area (Å²) in [6, 6.07) is 8.46. The molecule has 1 rings (SSSR count). The van der Waals surface area contributed by atoms with Crippen LogP contribution >= 0.6 is 0 Å². The van der Waals surface area contributed by atoms with Gasteiger partial charge in [-0.15, -0.1) is 0 Å². The lowest BCUT2D eigenvalue weighted by Crippen LogP contribution is -2.26. The highest BCUT2D eigenvalue weighted by atomic mass is 32.2. The molecule has 0 fully saturated rings. The highest BCUT2D eigenvalue weighted by molar-refractivity contribution is 7.89. The van der Waals surface area contributed by atoms with Crippen LogP contribution in [0, 0.1) is 0 Å². The van der Waals surface area contributed by atoms with E-state index in [1.54, 1.807) is 30.3 Å². The molecule has 5 heteroatoms. The van der Waals surface area contributed by atoms with Gasteiger partial charge in [0.25, 0.3) is 0 Å². The largest absolute Gasteiger partial charge is 0.328 e. The predicted octanol–water partition coefficient (Wildman–Crippen LogP) is 1.09. The summed E-state index contributed by atoms with van der Waals surface area (Å²) in [6.07, 6.45) is 1.57. The van der Waals surface area contributed by atoms with E-state index in [0.717, 1.165) is 12.8 Å². The van der Waals surface area contributed by atoms with E-state index in [9.17, 15) is 8.42 Å². The second-order valence-corrected chi connectivity index (χ2v) is 5.60. The minimum Gasteiger partial charge on any atom is -0.328 e. The van der Waals surface area contributed by atoms with Gasteiger partial charge in [0.1, 0.15) is 0 Å². The second-order valence-electron chi connectivity index (χ2n) is 3.83. The average molecular weight is 242 g/mol. The third-order valence-electron chi connectivity index (χ3n) is 2.18. The van der Waals surface area contributed by atoms with E-state index in [4.69, 9.17) is 5.73 Å². The average Bonchev–Trinajstić information content (AvgIpc) is 2.26. The number of sulfonamides is 1. The lowest BCUT2D eigenvalue weighted by molar-refractivity contribution is 0.568. The predicted molar refractivity (Wildman–Crippen MR) is 64.5 cm³/mol. The molecule has 1 atom stereocenters. The Morgan fingerprint density at radius 3 is 2.50 bits per heavy atom. The highest BCUT2D eigenvalue weighted by Crippen LogP contribution is 2.06. The van der Waals surface area contributed by atoms with Crippen molar-refractivity contribution in [3.8, 4) is 0 Å². The van der Waals surface area contributed by atoms with Crippen molar-refractivity contribution in [2.45, 2.75) is 30.7 Å². The summed E-state index contributed by atoms with van der Waals surface area (Å²) in [5.74, 6) is 0. The van der Waals surface area contributed by atoms with Gasteiger partial charge >= 0.3 is 0 Å². The van der Waals surface area contributed by atoms with Gasteiger partial charge in [-0.2, -0.15) is 0 Å². The molecule has 0 amide bonds. The Hall–Kier alpha value is -0.910. The third kappa shape index (κ3) is 4.30. The van der Waals surface area contributed by atoms with Gasteiger partial charge in [-0.05, 0) is 31.9 Å². The van der Waals surface area contributed by atoms with E-state index in [1.165, 1.54) is 0 Å². The molecule has 0 heterocycles. The van der Waals surface area contributed by atoms with Crippen molar-refractivity contribution >= 4 is 10.0 Å². The van der Waals surface area contributed by atoms with E-state index in [-0.39, 0.29) is 6.04 Å². The molecule has 0 aliphatic heterocycles. The summed E-state index contributed by atoms with van der Waals surface area (Å²) in [7, 11) is -3.35. The van der Waals surface area contributed by atoms with Crippen LogP contribution < -0.4 is 10.5 Å². The zero-order valence-corrected chi connectivity index (χ0v) is 10.2. The first-order chi connectivity index (χ1) is 7.52. The van der Waals surface area contributed by atoms with Crippen LogP contribution in [0.15, 0.2) is 35.2 Å². The fraction of sp³-hybridized carbons (Fsp3) is 0.455. The first-order valence-electron chi connectivity index (χ1n) is 5.32. The van der Waals surface area contributed by atoms with Crippen molar-refractivity contribution in [3.05, 3.63) is 30.3 Å². The normalized spacial score (nSPS) is 13.6. The fourth-order valence-electron chi connectivity index (χ4n) is 1.31. The molecular formula is C11H18N2O2S. The van der Waals surface area contributed by atoms with Gasteiger partial charge in [-0.25, -0.2) is 13.1 Å². The van der Waals surface area contributed by atoms with Crippen LogP contribution in [-0.4, -0.2) is 21.0 Å². The SMILES string of the molecule is CC(N)CCCNS(=O)(=O)c1ccccc1. The molecule has 0 aliphatic carbocycles. The van der Waals surface area contributed by atoms with E-state index < -0.39 is 10.0 Å². The first-order valence-corrected chi connectivity index (χ1v) is 6.81. The zero-order chi connectivity index (χ0) is 12.0. The maximum atomic E-state index is 11.7. The number of hydrogen-bond acceptors (Lipinski definition) is 3. The maximum Gasteiger partial charge on any atom is 0.240 e. The summed E-state index contributed by atoms with van der Waals surface area (Å²) in [5, 5.41) is 0. The Morgan fingerprint density at radius 1 is 1.31 bits per heavy atom. The molecule has 0 bridgehead atoms. The summed E-state index contributed by atoms with van der Waals surface area (Å²) in [6.45, 7) is 2.34. The van der Waals surface area contributed by atoms with Gasteiger partial charge in [-0.1, -0.05) is 18.2 Å². The number of nitrogens with two attached hydrogens (primary N) is 1. The van der Waals surface area contributed by atoms with Crippen LogP contribution in [0.4, 0.5) is 0 Å². The van der Waals surface area contributed by atoms with Crippen molar-refractivity contribution in [2.24, 2.45) is 5.73 Å². The molecule has 0 spiro atoms. The monoisotopic (exact) mass is 242 g/mol. The number of rotatable bonds is 6. The van der Waals surface area contributed by atoms with Crippen molar-refractivity contribution in [1.29, 1.82) is 0 Å². The van der Waals surface area contributed by atoms with Crippen LogP contribution in [0.5, 0.6) is 0 Å². The molecule has 1 aromatic rings. The second kappa shape index (κ2) is 5.98. The minimum absolute atomic E-state index is 0.112. The summed E-state index contributed by atoms with van der Waals surface area (Å²) in [4.78, 5) is 0.302. The number of benzene rings is 1. The number of nitrogens with one attached hydrogen (secondary N) is 1. The Labute approximate surface area is 96.9 Å². The Kier molecular flexibility index (Phi) is 4.92. The van der Waals surface area contributed by atoms with Crippen LogP contribution in [0.1, 0.15) is 19.8 Å². The molecule has 1 unspecified atom stereocenters. The van der Waals surface area contributed by atoms with Crippen LogP contribution in [0.3, 0.4) is 0 Å². The fourth-order valence-corrected chi connectivity index (χ4v) is 2.41. The van der Waals surface area contributed by atoms with Crippen LogP contribution in [-0.2, 0) is 10.0 Å². The van der Waals surface area contributed by atoms with Crippen LogP contribution in [0.25, 0.3) is 0 Å². The van der Waals surface area contributed by atoms with Crippen LogP contribution in [0.2, 0.25) is 0 Å². The van der Waals surface area contributed by atoms with Crippen molar-refractivity contribution in [1.82, 2.24) is 4.72 Å². The Balaban J connectivity index is 2.48. The van der Waals surface area contributed by atoms with Gasteiger partial charge in [-0.3, -0.25) is 0 Å². The Morgan fingerprint density at radius 2 is 1.94 bits per heavy atom. The maximum absolute atomic E-state index is 11.7. The zero-order valence-electron chi connectivity index (χ0n) is 9.39. The number of hydrogen-bond donors (Lipinski definition) is 2. The summed E-state index contributed by atoms with van der Waals surface area (Å²) < 4.78 is 26.0. The smallest absolute Gasteiger partial charge is 0.240 e. The summed E-state index contributed by atoms with van der Waals surface area (Å²) in [5.41, 5.74) is 5.58. The molecule has 90 valence electrons. The third-order valence-corrected chi connectivity index (χ3v) is 3.66. The molecule has 0 aromatic heterocycles. The molecule has 16 heavy (non-hydrogen) atoms. The van der Waals surface area contributed by atoms with Crippen molar-refractivity contribution in [3.63, 3.8) is 0 Å². The van der Waals surface area contributed by atoms with E-state index >= 15 is 0 Å². The lowest BCUT2D eigenvalue weighted by Gasteiger charge is -2.07.